The average Bonchev–Trinajstić information content (AvgIpc) is 3.16. The predicted molar refractivity (Wildman–Crippen MR) is 134 cm³/mol. The van der Waals surface area contributed by atoms with Gasteiger partial charge in [-0.1, -0.05) is 45.9 Å². The van der Waals surface area contributed by atoms with E-state index in [1.807, 2.05) is 24.3 Å². The number of benzene rings is 2. The van der Waals surface area contributed by atoms with Crippen molar-refractivity contribution in [2.24, 2.45) is 0 Å². The standard InChI is InChI=1S/C25H29BrN4OS/c1-16-12-17(2)14-22(13-16)30-24(20-8-10-21(26)11-9-20)27-28-25(30)32-15-23(31)29-18(3)6-5-7-19(29)4/h8-14,18-19H,5-7,15H2,1-4H3/t18-,19-/m0/s1. The summed E-state index contributed by atoms with van der Waals surface area (Å²) in [5, 5.41) is 9.76. The highest BCUT2D eigenvalue weighted by atomic mass is 79.9. The van der Waals surface area contributed by atoms with Crippen LogP contribution in [0.1, 0.15) is 44.2 Å². The monoisotopic (exact) mass is 512 g/mol. The molecule has 1 fully saturated rings. The first-order chi connectivity index (χ1) is 15.3. The first-order valence-electron chi connectivity index (χ1n) is 11.1. The van der Waals surface area contributed by atoms with Gasteiger partial charge in [0.1, 0.15) is 0 Å². The Morgan fingerprint density at radius 3 is 2.28 bits per heavy atom. The van der Waals surface area contributed by atoms with Gasteiger partial charge in [-0.2, -0.15) is 0 Å². The van der Waals surface area contributed by atoms with Gasteiger partial charge in [-0.15, -0.1) is 10.2 Å². The van der Waals surface area contributed by atoms with Crippen LogP contribution >= 0.6 is 27.7 Å². The minimum atomic E-state index is 0.176. The van der Waals surface area contributed by atoms with E-state index in [1.54, 1.807) is 0 Å². The van der Waals surface area contributed by atoms with Crippen molar-refractivity contribution in [3.8, 4) is 17.1 Å². The number of carbonyl (C=O) groups is 1. The molecule has 5 nitrogen and oxygen atoms in total. The number of nitrogens with zero attached hydrogens (tertiary/aromatic N) is 4. The Morgan fingerprint density at radius 1 is 1.03 bits per heavy atom. The molecule has 3 aromatic rings. The molecule has 0 saturated carbocycles. The zero-order chi connectivity index (χ0) is 22.8. The summed E-state index contributed by atoms with van der Waals surface area (Å²) in [5.74, 6) is 1.31. The maximum absolute atomic E-state index is 13.1. The number of aryl methyl sites for hydroxylation is 2. The molecule has 1 saturated heterocycles. The lowest BCUT2D eigenvalue weighted by Gasteiger charge is -2.39. The maximum Gasteiger partial charge on any atom is 0.233 e. The summed E-state index contributed by atoms with van der Waals surface area (Å²) in [7, 11) is 0. The van der Waals surface area contributed by atoms with E-state index < -0.39 is 0 Å². The SMILES string of the molecule is Cc1cc(C)cc(-n2c(SCC(=O)N3[C@@H](C)CCC[C@@H]3C)nnc2-c2ccc(Br)cc2)c1. The van der Waals surface area contributed by atoms with Gasteiger partial charge in [-0.05, 0) is 82.3 Å². The van der Waals surface area contributed by atoms with E-state index in [0.29, 0.717) is 17.8 Å². The molecule has 2 atom stereocenters. The molecule has 4 rings (SSSR count). The highest BCUT2D eigenvalue weighted by molar-refractivity contribution is 9.10. The summed E-state index contributed by atoms with van der Waals surface area (Å²) in [5.41, 5.74) is 4.35. The van der Waals surface area contributed by atoms with Gasteiger partial charge in [0.2, 0.25) is 5.91 Å². The van der Waals surface area contributed by atoms with E-state index in [0.717, 1.165) is 39.5 Å². The van der Waals surface area contributed by atoms with Gasteiger partial charge in [0, 0.05) is 22.1 Å². The van der Waals surface area contributed by atoms with Gasteiger partial charge >= 0.3 is 0 Å². The van der Waals surface area contributed by atoms with Gasteiger partial charge in [0.05, 0.1) is 11.4 Å². The van der Waals surface area contributed by atoms with Crippen molar-refractivity contribution in [3.05, 3.63) is 58.1 Å². The number of likely N-dealkylation sites (tertiary alicyclic amines) is 1. The topological polar surface area (TPSA) is 51.0 Å². The number of aromatic nitrogens is 3. The Morgan fingerprint density at radius 2 is 1.66 bits per heavy atom. The minimum Gasteiger partial charge on any atom is -0.337 e. The molecule has 0 bridgehead atoms. The number of piperidine rings is 1. The van der Waals surface area contributed by atoms with Crippen molar-refractivity contribution in [3.63, 3.8) is 0 Å². The van der Waals surface area contributed by atoms with Crippen molar-refractivity contribution >= 4 is 33.6 Å². The lowest BCUT2D eigenvalue weighted by atomic mass is 9.98. The third-order valence-corrected chi connectivity index (χ3v) is 7.45. The maximum atomic E-state index is 13.1. The Kier molecular flexibility index (Phi) is 7.05. The number of amides is 1. The third-order valence-electron chi connectivity index (χ3n) is 6.01. The van der Waals surface area contributed by atoms with Crippen molar-refractivity contribution in [2.75, 3.05) is 5.75 Å². The van der Waals surface area contributed by atoms with Crippen molar-refractivity contribution in [2.45, 2.75) is 64.2 Å². The normalized spacial score (nSPS) is 18.7. The average molecular weight is 514 g/mol. The molecule has 1 aromatic heterocycles. The van der Waals surface area contributed by atoms with Crippen LogP contribution in [0.2, 0.25) is 0 Å². The lowest BCUT2D eigenvalue weighted by Crippen LogP contribution is -2.48. The summed E-state index contributed by atoms with van der Waals surface area (Å²) >= 11 is 4.97. The van der Waals surface area contributed by atoms with Crippen LogP contribution in [0.5, 0.6) is 0 Å². The van der Waals surface area contributed by atoms with Crippen molar-refractivity contribution < 1.29 is 4.79 Å². The molecule has 1 aliphatic rings. The zero-order valence-electron chi connectivity index (χ0n) is 19.0. The zero-order valence-corrected chi connectivity index (χ0v) is 21.4. The van der Waals surface area contributed by atoms with Gasteiger partial charge in [0.15, 0.2) is 11.0 Å². The summed E-state index contributed by atoms with van der Waals surface area (Å²) in [6.45, 7) is 8.50. The molecule has 2 heterocycles. The number of thioether (sulfide) groups is 1. The van der Waals surface area contributed by atoms with Gasteiger partial charge in [0.25, 0.3) is 0 Å². The summed E-state index contributed by atoms with van der Waals surface area (Å²) in [4.78, 5) is 15.2. The van der Waals surface area contributed by atoms with E-state index in [4.69, 9.17) is 0 Å². The minimum absolute atomic E-state index is 0.176. The lowest BCUT2D eigenvalue weighted by molar-refractivity contribution is -0.134. The Hall–Kier alpha value is -2.12. The highest BCUT2D eigenvalue weighted by Gasteiger charge is 2.29. The fourth-order valence-corrected chi connectivity index (χ4v) is 5.66. The van der Waals surface area contributed by atoms with Crippen LogP contribution in [0, 0.1) is 13.8 Å². The predicted octanol–water partition coefficient (Wildman–Crippen LogP) is 6.20. The van der Waals surface area contributed by atoms with Crippen LogP contribution in [-0.4, -0.2) is 43.4 Å². The van der Waals surface area contributed by atoms with Crippen LogP contribution in [0.15, 0.2) is 52.1 Å². The van der Waals surface area contributed by atoms with Gasteiger partial charge in [-0.25, -0.2) is 0 Å². The Bertz CT molecular complexity index is 1080. The van der Waals surface area contributed by atoms with Crippen LogP contribution in [0.3, 0.4) is 0 Å². The number of halogens is 1. The molecule has 32 heavy (non-hydrogen) atoms. The summed E-state index contributed by atoms with van der Waals surface area (Å²) < 4.78 is 3.09. The Labute approximate surface area is 202 Å². The Balaban J connectivity index is 1.67. The molecular weight excluding hydrogens is 484 g/mol. The molecule has 0 spiro atoms. The van der Waals surface area contributed by atoms with Crippen LogP contribution in [0.4, 0.5) is 0 Å². The first kappa shape index (κ1) is 23.1. The molecule has 168 valence electrons. The van der Waals surface area contributed by atoms with Crippen LogP contribution < -0.4 is 0 Å². The largest absolute Gasteiger partial charge is 0.337 e. The van der Waals surface area contributed by atoms with Crippen molar-refractivity contribution in [1.29, 1.82) is 0 Å². The van der Waals surface area contributed by atoms with Crippen molar-refractivity contribution in [1.82, 2.24) is 19.7 Å². The number of carbonyl (C=O) groups excluding carboxylic acids is 1. The molecule has 1 amide bonds. The van der Waals surface area contributed by atoms with E-state index >= 15 is 0 Å². The second kappa shape index (κ2) is 9.79. The van der Waals surface area contributed by atoms with E-state index in [1.165, 1.54) is 29.3 Å². The summed E-state index contributed by atoms with van der Waals surface area (Å²) in [6.07, 6.45) is 3.34. The second-order valence-electron chi connectivity index (χ2n) is 8.71. The molecule has 7 heteroatoms. The van der Waals surface area contributed by atoms with Gasteiger partial charge < -0.3 is 4.90 Å². The molecule has 1 aliphatic heterocycles. The van der Waals surface area contributed by atoms with Crippen LogP contribution in [-0.2, 0) is 4.79 Å². The number of hydrogen-bond donors (Lipinski definition) is 0. The van der Waals surface area contributed by atoms with E-state index in [-0.39, 0.29) is 5.91 Å². The molecule has 0 unspecified atom stereocenters. The summed E-state index contributed by atoms with van der Waals surface area (Å²) in [6, 6.07) is 15.1. The molecule has 0 radical (unpaired) electrons. The first-order valence-corrected chi connectivity index (χ1v) is 12.9. The molecule has 2 aromatic carbocycles. The second-order valence-corrected chi connectivity index (χ2v) is 10.6. The fourth-order valence-electron chi connectivity index (χ4n) is 4.58. The molecule has 0 N–H and O–H groups in total. The molecule has 0 aliphatic carbocycles. The fraction of sp³-hybridized carbons (Fsp3) is 0.400. The quantitative estimate of drug-likeness (QED) is 0.382. The number of rotatable bonds is 5. The van der Waals surface area contributed by atoms with E-state index in [9.17, 15) is 4.79 Å². The smallest absolute Gasteiger partial charge is 0.233 e. The number of hydrogen-bond acceptors (Lipinski definition) is 4. The van der Waals surface area contributed by atoms with E-state index in [2.05, 4.69) is 81.5 Å². The highest BCUT2D eigenvalue weighted by Crippen LogP contribution is 2.31. The van der Waals surface area contributed by atoms with Gasteiger partial charge in [-0.3, -0.25) is 9.36 Å². The molecular formula is C25H29BrN4OS. The third kappa shape index (κ3) is 4.94. The van der Waals surface area contributed by atoms with Crippen LogP contribution in [0.25, 0.3) is 17.1 Å².